The van der Waals surface area contributed by atoms with Gasteiger partial charge in [-0.25, -0.2) is 20.3 Å². The molecule has 0 aliphatic rings. The fourth-order valence-corrected chi connectivity index (χ4v) is 0.986. The maximum absolute atomic E-state index is 10.8. The lowest BCUT2D eigenvalue weighted by atomic mass is 10.1. The Balaban J connectivity index is 2.58. The van der Waals surface area contributed by atoms with Crippen molar-refractivity contribution in [1.82, 2.24) is 10.9 Å². The Morgan fingerprint density at radius 3 is 2.56 bits per heavy atom. The zero-order chi connectivity index (χ0) is 12.0. The van der Waals surface area contributed by atoms with Gasteiger partial charge in [-0.1, -0.05) is 30.3 Å². The van der Waals surface area contributed by atoms with Gasteiger partial charge in [-0.3, -0.25) is 0 Å². The highest BCUT2D eigenvalue weighted by atomic mass is 16.7. The molecule has 0 saturated heterocycles. The molecule has 0 spiro atoms. The number of nitro groups is 1. The molecule has 0 saturated carbocycles. The predicted octanol–water partition coefficient (Wildman–Crippen LogP) is 0.902. The second kappa shape index (κ2) is 5.44. The molecule has 1 aromatic carbocycles. The van der Waals surface area contributed by atoms with E-state index in [9.17, 15) is 14.9 Å². The molecule has 1 aromatic rings. The lowest BCUT2D eigenvalue weighted by Crippen LogP contribution is -2.36. The van der Waals surface area contributed by atoms with Crippen LogP contribution in [0.3, 0.4) is 0 Å². The molecule has 0 aliphatic carbocycles. The third-order valence-corrected chi connectivity index (χ3v) is 1.71. The Kier molecular flexibility index (Phi) is 3.96. The topological polar surface area (TPSA) is 96.6 Å². The maximum Gasteiger partial charge on any atom is 0.393 e. The first-order valence-corrected chi connectivity index (χ1v) is 4.40. The van der Waals surface area contributed by atoms with E-state index in [4.69, 9.17) is 0 Å². The number of amides is 2. The first kappa shape index (κ1) is 11.6. The molecular formula is C9H10N4O3. The summed E-state index contributed by atoms with van der Waals surface area (Å²) in [7, 11) is 0. The number of hydrogen-bond donors (Lipinski definition) is 2. The number of carbonyl (C=O) groups is 1. The van der Waals surface area contributed by atoms with Crippen molar-refractivity contribution in [3.8, 4) is 0 Å². The number of carbonyl (C=O) groups excluding carboxylic acids is 1. The van der Waals surface area contributed by atoms with Gasteiger partial charge in [-0.2, -0.15) is 5.10 Å². The number of hydrogen-bond acceptors (Lipinski definition) is 4. The predicted molar refractivity (Wildman–Crippen MR) is 57.3 cm³/mol. The number of benzene rings is 1. The summed E-state index contributed by atoms with van der Waals surface area (Å²) in [5.74, 6) is 0. The van der Waals surface area contributed by atoms with E-state index in [1.54, 1.807) is 6.92 Å². The summed E-state index contributed by atoms with van der Waals surface area (Å²) in [4.78, 5) is 20.7. The molecule has 0 radical (unpaired) electrons. The molecule has 0 fully saturated rings. The summed E-state index contributed by atoms with van der Waals surface area (Å²) in [6.07, 6.45) is 0. The van der Waals surface area contributed by atoms with Gasteiger partial charge >= 0.3 is 6.03 Å². The van der Waals surface area contributed by atoms with E-state index in [-0.39, 0.29) is 0 Å². The Morgan fingerprint density at radius 1 is 1.38 bits per heavy atom. The smallest absolute Gasteiger partial charge is 0.241 e. The minimum Gasteiger partial charge on any atom is -0.241 e. The van der Waals surface area contributed by atoms with Crippen molar-refractivity contribution in [2.45, 2.75) is 6.92 Å². The van der Waals surface area contributed by atoms with Gasteiger partial charge in [0.1, 0.15) is 0 Å². The first-order valence-electron chi connectivity index (χ1n) is 4.40. The van der Waals surface area contributed by atoms with Gasteiger partial charge < -0.3 is 0 Å². The molecule has 2 N–H and O–H groups in total. The van der Waals surface area contributed by atoms with Crippen molar-refractivity contribution >= 4 is 11.7 Å². The monoisotopic (exact) mass is 222 g/mol. The van der Waals surface area contributed by atoms with Gasteiger partial charge in [0.05, 0.1) is 5.71 Å². The molecule has 1 rings (SSSR count). The van der Waals surface area contributed by atoms with Crippen molar-refractivity contribution in [3.63, 3.8) is 0 Å². The zero-order valence-corrected chi connectivity index (χ0v) is 8.51. The molecule has 0 atom stereocenters. The summed E-state index contributed by atoms with van der Waals surface area (Å²) < 4.78 is 0. The molecule has 7 heteroatoms. The van der Waals surface area contributed by atoms with Crippen LogP contribution in [0.4, 0.5) is 4.79 Å². The van der Waals surface area contributed by atoms with Crippen molar-refractivity contribution < 1.29 is 9.83 Å². The highest BCUT2D eigenvalue weighted by Crippen LogP contribution is 1.99. The molecule has 0 bridgehead atoms. The van der Waals surface area contributed by atoms with Gasteiger partial charge in [-0.05, 0) is 17.9 Å². The van der Waals surface area contributed by atoms with Crippen LogP contribution in [0.2, 0.25) is 0 Å². The van der Waals surface area contributed by atoms with Crippen LogP contribution >= 0.6 is 0 Å². The van der Waals surface area contributed by atoms with E-state index in [0.717, 1.165) is 5.56 Å². The number of hydrazone groups is 1. The molecular weight excluding hydrogens is 212 g/mol. The summed E-state index contributed by atoms with van der Waals surface area (Å²) in [5, 5.41) is 12.7. The maximum atomic E-state index is 10.8. The Morgan fingerprint density at radius 2 is 2.00 bits per heavy atom. The quantitative estimate of drug-likeness (QED) is 0.451. The van der Waals surface area contributed by atoms with E-state index < -0.39 is 11.1 Å². The largest absolute Gasteiger partial charge is 0.393 e. The van der Waals surface area contributed by atoms with Crippen LogP contribution in [0.15, 0.2) is 35.4 Å². The van der Waals surface area contributed by atoms with E-state index >= 15 is 0 Å². The van der Waals surface area contributed by atoms with Gasteiger partial charge in [0.25, 0.3) is 0 Å². The third kappa shape index (κ3) is 3.74. The van der Waals surface area contributed by atoms with E-state index in [0.29, 0.717) is 5.71 Å². The van der Waals surface area contributed by atoms with Crippen LogP contribution in [-0.4, -0.2) is 16.8 Å². The second-order valence-electron chi connectivity index (χ2n) is 2.87. The number of nitrogens with one attached hydrogen (secondary N) is 2. The summed E-state index contributed by atoms with van der Waals surface area (Å²) in [6, 6.07) is 8.14. The average molecular weight is 222 g/mol. The molecule has 0 aliphatic heterocycles. The Bertz CT molecular complexity index is 416. The number of nitrogens with zero attached hydrogens (tertiary/aromatic N) is 2. The van der Waals surface area contributed by atoms with Gasteiger partial charge in [0.2, 0.25) is 0 Å². The van der Waals surface area contributed by atoms with Crippen LogP contribution in [0.1, 0.15) is 12.5 Å². The minimum atomic E-state index is -0.986. The highest BCUT2D eigenvalue weighted by molar-refractivity contribution is 5.99. The standard InChI is InChI=1S/C9H10N4O3/c1-7(8-5-3-2-4-6-8)10-11-9(14)12-13(15)16/h2-6H,1H3,(H2,11,12,14)/b10-7-. The zero-order valence-electron chi connectivity index (χ0n) is 8.51. The first-order chi connectivity index (χ1) is 7.59. The molecule has 0 aromatic heterocycles. The average Bonchev–Trinajstić information content (AvgIpc) is 2.26. The number of rotatable bonds is 3. The van der Waals surface area contributed by atoms with Crippen LogP contribution in [0.5, 0.6) is 0 Å². The molecule has 84 valence electrons. The number of hydrazine groups is 1. The van der Waals surface area contributed by atoms with Crippen molar-refractivity contribution in [1.29, 1.82) is 0 Å². The van der Waals surface area contributed by atoms with E-state index in [1.807, 2.05) is 35.8 Å². The van der Waals surface area contributed by atoms with Crippen molar-refractivity contribution in [3.05, 3.63) is 46.0 Å². The number of urea groups is 1. The van der Waals surface area contributed by atoms with Gasteiger partial charge in [0, 0.05) is 0 Å². The van der Waals surface area contributed by atoms with Crippen LogP contribution in [0, 0.1) is 10.1 Å². The minimum absolute atomic E-state index is 0.555. The van der Waals surface area contributed by atoms with Crippen LogP contribution in [-0.2, 0) is 0 Å². The SMILES string of the molecule is C/C(=N/NC(=O)N[N+](=O)[O-])c1ccccc1. The fraction of sp³-hybridized carbons (Fsp3) is 0.111. The lowest BCUT2D eigenvalue weighted by molar-refractivity contribution is -0.527. The molecule has 7 nitrogen and oxygen atoms in total. The normalized spacial score (nSPS) is 10.7. The molecule has 2 amide bonds. The summed E-state index contributed by atoms with van der Waals surface area (Å²) in [5.41, 5.74) is 4.80. The van der Waals surface area contributed by atoms with E-state index in [2.05, 4.69) is 5.10 Å². The van der Waals surface area contributed by atoms with Gasteiger partial charge in [0.15, 0.2) is 5.03 Å². The molecule has 0 unspecified atom stereocenters. The van der Waals surface area contributed by atoms with Crippen LogP contribution < -0.4 is 10.9 Å². The Hall–Kier alpha value is -2.44. The fourth-order valence-electron chi connectivity index (χ4n) is 0.986. The van der Waals surface area contributed by atoms with Crippen LogP contribution in [0.25, 0.3) is 0 Å². The Labute approximate surface area is 91.3 Å². The highest BCUT2D eigenvalue weighted by Gasteiger charge is 2.05. The summed E-state index contributed by atoms with van der Waals surface area (Å²) >= 11 is 0. The summed E-state index contributed by atoms with van der Waals surface area (Å²) in [6.45, 7) is 1.68. The van der Waals surface area contributed by atoms with Crippen molar-refractivity contribution in [2.75, 3.05) is 0 Å². The van der Waals surface area contributed by atoms with Crippen molar-refractivity contribution in [2.24, 2.45) is 5.10 Å². The second-order valence-corrected chi connectivity index (χ2v) is 2.87. The molecule has 0 heterocycles. The lowest BCUT2D eigenvalue weighted by Gasteiger charge is -2.00. The van der Waals surface area contributed by atoms with Gasteiger partial charge in [-0.15, -0.1) is 0 Å². The molecule has 16 heavy (non-hydrogen) atoms. The van der Waals surface area contributed by atoms with E-state index in [1.165, 1.54) is 5.43 Å². The third-order valence-electron chi connectivity index (χ3n) is 1.71.